The van der Waals surface area contributed by atoms with Crippen LogP contribution in [0, 0.1) is 29.6 Å². The van der Waals surface area contributed by atoms with E-state index in [0.717, 1.165) is 89.8 Å². The monoisotopic (exact) mass is 477 g/mol. The normalized spacial score (nSPS) is 27.1. The lowest BCUT2D eigenvalue weighted by Crippen LogP contribution is -2.51. The Morgan fingerprint density at radius 2 is 1.18 bits per heavy atom. The molecule has 196 valence electrons. The summed E-state index contributed by atoms with van der Waals surface area (Å²) >= 11 is 0. The lowest BCUT2D eigenvalue weighted by atomic mass is 9.51. The number of hydrogen-bond donors (Lipinski definition) is 5. The molecule has 4 aliphatic rings. The molecule has 0 spiro atoms. The van der Waals surface area contributed by atoms with Gasteiger partial charge >= 0.3 is 0 Å². The maximum atomic E-state index is 12.8. The maximum absolute atomic E-state index is 12.8. The first-order chi connectivity index (χ1) is 16.7. The van der Waals surface area contributed by atoms with E-state index in [-0.39, 0.29) is 11.8 Å². The second-order valence-corrected chi connectivity index (χ2v) is 11.1. The quantitative estimate of drug-likeness (QED) is 0.184. The molecule has 0 aromatic rings. The Morgan fingerprint density at radius 1 is 0.618 bits per heavy atom. The van der Waals surface area contributed by atoms with Crippen LogP contribution in [0.1, 0.15) is 83.5 Å². The van der Waals surface area contributed by atoms with Crippen LogP contribution in [0.25, 0.3) is 0 Å². The number of carbonyl (C=O) groups excluding carboxylic acids is 2. The summed E-state index contributed by atoms with van der Waals surface area (Å²) in [6.45, 7) is 6.32. The molecule has 0 unspecified atom stereocenters. The highest BCUT2D eigenvalue weighted by molar-refractivity contribution is 5.79. The van der Waals surface area contributed by atoms with E-state index in [1.54, 1.807) is 0 Å². The average Bonchev–Trinajstić information content (AvgIpc) is 2.81. The molecular formula is C27H51N5O2. The van der Waals surface area contributed by atoms with Crippen LogP contribution in [-0.2, 0) is 9.59 Å². The number of carbonyl (C=O) groups is 2. The minimum absolute atomic E-state index is 0.154. The smallest absolute Gasteiger partial charge is 0.223 e. The first-order valence-electron chi connectivity index (χ1n) is 14.3. The van der Waals surface area contributed by atoms with E-state index >= 15 is 0 Å². The molecule has 6 N–H and O–H groups in total. The zero-order valence-corrected chi connectivity index (χ0v) is 21.4. The fraction of sp³-hybridized carbons (Fsp3) is 0.926. The van der Waals surface area contributed by atoms with Gasteiger partial charge in [-0.25, -0.2) is 0 Å². The van der Waals surface area contributed by atoms with Crippen molar-refractivity contribution in [1.82, 2.24) is 21.3 Å². The van der Waals surface area contributed by atoms with E-state index in [9.17, 15) is 9.59 Å². The van der Waals surface area contributed by atoms with Crippen molar-refractivity contribution in [2.75, 3.05) is 45.8 Å². The molecule has 2 amide bonds. The largest absolute Gasteiger partial charge is 0.356 e. The summed E-state index contributed by atoms with van der Waals surface area (Å²) in [5.41, 5.74) is 5.47. The van der Waals surface area contributed by atoms with Crippen LogP contribution in [0.15, 0.2) is 0 Å². The highest BCUT2D eigenvalue weighted by Gasteiger charge is 2.50. The third-order valence-corrected chi connectivity index (χ3v) is 8.28. The Bertz CT molecular complexity index is 572. The molecular weight excluding hydrogens is 426 g/mol. The maximum Gasteiger partial charge on any atom is 0.223 e. The SMILES string of the molecule is NCCCNCCCCNCCCNC(=O)CCCCCNC(=O)C1C2CC3CC(C2)CC1C3. The van der Waals surface area contributed by atoms with Crippen LogP contribution in [0.5, 0.6) is 0 Å². The summed E-state index contributed by atoms with van der Waals surface area (Å²) in [4.78, 5) is 24.8. The van der Waals surface area contributed by atoms with Crippen LogP contribution in [0.2, 0.25) is 0 Å². The summed E-state index contributed by atoms with van der Waals surface area (Å²) in [5.74, 6) is 3.90. The van der Waals surface area contributed by atoms with Gasteiger partial charge in [0, 0.05) is 25.4 Å². The zero-order chi connectivity index (χ0) is 24.0. The number of nitrogens with one attached hydrogen (secondary N) is 4. The average molecular weight is 478 g/mol. The van der Waals surface area contributed by atoms with Crippen LogP contribution in [0.3, 0.4) is 0 Å². The van der Waals surface area contributed by atoms with Gasteiger partial charge in [-0.3, -0.25) is 9.59 Å². The molecule has 34 heavy (non-hydrogen) atoms. The fourth-order valence-electron chi connectivity index (χ4n) is 6.78. The van der Waals surface area contributed by atoms with E-state index in [1.807, 2.05) is 0 Å². The third kappa shape index (κ3) is 9.46. The highest BCUT2D eigenvalue weighted by atomic mass is 16.2. The predicted molar refractivity (Wildman–Crippen MR) is 138 cm³/mol. The Balaban J connectivity index is 1.07. The van der Waals surface area contributed by atoms with Crippen LogP contribution in [0.4, 0.5) is 0 Å². The molecule has 7 nitrogen and oxygen atoms in total. The Labute approximate surface area is 207 Å². The summed E-state index contributed by atoms with van der Waals surface area (Å²) in [5, 5.41) is 13.1. The summed E-state index contributed by atoms with van der Waals surface area (Å²) in [7, 11) is 0. The van der Waals surface area contributed by atoms with Gasteiger partial charge in [0.25, 0.3) is 0 Å². The molecule has 0 saturated heterocycles. The van der Waals surface area contributed by atoms with Crippen molar-refractivity contribution in [3.8, 4) is 0 Å². The van der Waals surface area contributed by atoms with Crippen molar-refractivity contribution in [3.63, 3.8) is 0 Å². The Morgan fingerprint density at radius 3 is 1.82 bits per heavy atom. The van der Waals surface area contributed by atoms with Gasteiger partial charge < -0.3 is 27.0 Å². The zero-order valence-electron chi connectivity index (χ0n) is 21.4. The Kier molecular flexibility index (Phi) is 12.7. The number of amides is 2. The van der Waals surface area contributed by atoms with Crippen LogP contribution in [-0.4, -0.2) is 57.6 Å². The first kappa shape index (κ1) is 27.4. The van der Waals surface area contributed by atoms with Crippen LogP contribution >= 0.6 is 0 Å². The van der Waals surface area contributed by atoms with Gasteiger partial charge in [0.15, 0.2) is 0 Å². The second-order valence-electron chi connectivity index (χ2n) is 11.1. The molecule has 4 bridgehead atoms. The second kappa shape index (κ2) is 15.7. The lowest BCUT2D eigenvalue weighted by Gasteiger charge is -2.53. The van der Waals surface area contributed by atoms with Gasteiger partial charge in [-0.15, -0.1) is 0 Å². The summed E-state index contributed by atoms with van der Waals surface area (Å²) < 4.78 is 0. The van der Waals surface area contributed by atoms with Crippen molar-refractivity contribution >= 4 is 11.8 Å². The highest BCUT2D eigenvalue weighted by Crippen LogP contribution is 2.56. The number of unbranched alkanes of at least 4 members (excludes halogenated alkanes) is 3. The van der Waals surface area contributed by atoms with Crippen molar-refractivity contribution in [2.24, 2.45) is 35.3 Å². The van der Waals surface area contributed by atoms with E-state index in [2.05, 4.69) is 21.3 Å². The minimum Gasteiger partial charge on any atom is -0.356 e. The number of rotatable bonds is 19. The summed E-state index contributed by atoms with van der Waals surface area (Å²) in [6, 6.07) is 0. The fourth-order valence-corrected chi connectivity index (χ4v) is 6.78. The van der Waals surface area contributed by atoms with E-state index in [1.165, 1.54) is 44.9 Å². The molecule has 0 aromatic carbocycles. The molecule has 0 aliphatic heterocycles. The molecule has 0 radical (unpaired) electrons. The molecule has 7 heteroatoms. The van der Waals surface area contributed by atoms with Gasteiger partial charge in [-0.1, -0.05) is 6.42 Å². The lowest BCUT2D eigenvalue weighted by molar-refractivity contribution is -0.138. The predicted octanol–water partition coefficient (Wildman–Crippen LogP) is 2.55. The van der Waals surface area contributed by atoms with Crippen molar-refractivity contribution in [2.45, 2.75) is 83.5 Å². The first-order valence-corrected chi connectivity index (χ1v) is 14.3. The molecule has 0 aromatic heterocycles. The third-order valence-electron chi connectivity index (χ3n) is 8.28. The van der Waals surface area contributed by atoms with E-state index in [4.69, 9.17) is 5.73 Å². The van der Waals surface area contributed by atoms with E-state index < -0.39 is 0 Å². The van der Waals surface area contributed by atoms with Gasteiger partial charge in [0.1, 0.15) is 0 Å². The standard InChI is InChI=1S/C27H51N5O2/c28-9-6-12-29-10-4-5-11-30-13-7-15-31-25(33)8-2-1-3-14-32-27(34)26-23-17-21-16-22(19-23)20-24(26)18-21/h21-24,26,29-30H,1-20,28H2,(H,31,33)(H,32,34). The molecule has 4 fully saturated rings. The Hall–Kier alpha value is -1.18. The molecule has 4 rings (SSSR count). The van der Waals surface area contributed by atoms with Crippen molar-refractivity contribution in [1.29, 1.82) is 0 Å². The minimum atomic E-state index is 0.154. The number of nitrogens with two attached hydrogens (primary N) is 1. The van der Waals surface area contributed by atoms with Gasteiger partial charge in [0.2, 0.25) is 11.8 Å². The van der Waals surface area contributed by atoms with Crippen molar-refractivity contribution < 1.29 is 9.59 Å². The molecule has 4 aliphatic carbocycles. The van der Waals surface area contributed by atoms with Gasteiger partial charge in [-0.05, 0) is 127 Å². The molecule has 0 heterocycles. The molecule has 4 saturated carbocycles. The van der Waals surface area contributed by atoms with Gasteiger partial charge in [-0.2, -0.15) is 0 Å². The summed E-state index contributed by atoms with van der Waals surface area (Å²) in [6.07, 6.45) is 14.4. The van der Waals surface area contributed by atoms with Crippen molar-refractivity contribution in [3.05, 3.63) is 0 Å². The van der Waals surface area contributed by atoms with Gasteiger partial charge in [0.05, 0.1) is 0 Å². The van der Waals surface area contributed by atoms with E-state index in [0.29, 0.717) is 24.2 Å². The number of hydrogen-bond acceptors (Lipinski definition) is 5. The van der Waals surface area contributed by atoms with Crippen LogP contribution < -0.4 is 27.0 Å². The topological polar surface area (TPSA) is 108 Å². The molecule has 0 atom stereocenters.